The number of hydrogen-bond donors (Lipinski definition) is 2. The molecule has 0 amide bonds. The van der Waals surface area contributed by atoms with Crippen molar-refractivity contribution in [2.75, 3.05) is 6.61 Å². The summed E-state index contributed by atoms with van der Waals surface area (Å²) in [5.74, 6) is -0.559. The van der Waals surface area contributed by atoms with Crippen molar-refractivity contribution in [3.05, 3.63) is 70.3 Å². The average molecular weight is 551 g/mol. The topological polar surface area (TPSA) is 85.2 Å². The van der Waals surface area contributed by atoms with Crippen molar-refractivity contribution in [2.24, 2.45) is 11.8 Å². The average Bonchev–Trinajstić information content (AvgIpc) is 2.91. The van der Waals surface area contributed by atoms with Crippen LogP contribution in [0.5, 0.6) is 5.75 Å². The Labute approximate surface area is 239 Å². The van der Waals surface area contributed by atoms with Gasteiger partial charge in [-0.2, -0.15) is 0 Å². The monoisotopic (exact) mass is 550 g/mol. The molecule has 40 heavy (non-hydrogen) atoms. The second-order valence-electron chi connectivity index (χ2n) is 12.1. The first-order chi connectivity index (χ1) is 19.0. The van der Waals surface area contributed by atoms with Gasteiger partial charge in [-0.15, -0.1) is 0 Å². The highest BCUT2D eigenvalue weighted by molar-refractivity contribution is 5.96. The minimum Gasteiger partial charge on any atom is -0.508 e. The van der Waals surface area contributed by atoms with Crippen LogP contribution in [0, 0.1) is 18.8 Å². The Morgan fingerprint density at radius 3 is 2.65 bits per heavy atom. The van der Waals surface area contributed by atoms with E-state index in [1.54, 1.807) is 19.1 Å². The number of aliphatic hydroxyl groups excluding tert-OH is 1. The van der Waals surface area contributed by atoms with Crippen molar-refractivity contribution in [1.82, 2.24) is 0 Å². The number of carbonyl (C=O) groups is 1. The molecule has 0 radical (unpaired) electrons. The van der Waals surface area contributed by atoms with Gasteiger partial charge in [-0.1, -0.05) is 49.8 Å². The lowest BCUT2D eigenvalue weighted by molar-refractivity contribution is -0.328. The SMILES string of the molecule is C/C=C(/C)C1OC2(CCC1C)CC1CC(C/C=C(\C)CC(C)/C=C/C=C(\CO)c3cc(O)c(C)cc3C(=O)O1)O2. The summed E-state index contributed by atoms with van der Waals surface area (Å²) < 4.78 is 19.7. The van der Waals surface area contributed by atoms with Gasteiger partial charge in [0.05, 0.1) is 24.4 Å². The molecule has 0 saturated carbocycles. The van der Waals surface area contributed by atoms with E-state index in [1.165, 1.54) is 11.1 Å². The number of rotatable bonds is 2. The summed E-state index contributed by atoms with van der Waals surface area (Å²) in [7, 11) is 0. The molecule has 2 bridgehead atoms. The summed E-state index contributed by atoms with van der Waals surface area (Å²) in [6, 6.07) is 3.19. The molecule has 6 nitrogen and oxygen atoms in total. The summed E-state index contributed by atoms with van der Waals surface area (Å²) in [5, 5.41) is 20.7. The Bertz CT molecular complexity index is 1210. The standard InChI is InChI=1S/C34H46O6/c1-7-23(4)32-24(5)13-14-34(40-32)19-28-17-27(39-34)12-11-22(3)15-21(2)9-8-10-26(20-35)29-18-31(36)25(6)16-30(29)33(37)38-28/h7-11,16,18,21,24,27-28,32,35-36H,12-15,17,19-20H2,1-6H3/b9-8+,22-11+,23-7-,26-10+. The van der Waals surface area contributed by atoms with Crippen LogP contribution in [-0.2, 0) is 14.2 Å². The maximum Gasteiger partial charge on any atom is 0.339 e. The van der Waals surface area contributed by atoms with E-state index in [2.05, 4.69) is 45.9 Å². The number of phenols is 1. The van der Waals surface area contributed by atoms with Gasteiger partial charge < -0.3 is 24.4 Å². The second-order valence-corrected chi connectivity index (χ2v) is 12.1. The van der Waals surface area contributed by atoms with Crippen molar-refractivity contribution in [1.29, 1.82) is 0 Å². The molecule has 0 aromatic heterocycles. The lowest BCUT2D eigenvalue weighted by Gasteiger charge is -2.49. The minimum absolute atomic E-state index is 0.0415. The Morgan fingerprint density at radius 1 is 1.15 bits per heavy atom. The quantitative estimate of drug-likeness (QED) is 0.299. The lowest BCUT2D eigenvalue weighted by Crippen LogP contribution is -2.54. The Hall–Kier alpha value is -2.67. The first kappa shape index (κ1) is 30.3. The number of ether oxygens (including phenoxy) is 3. The van der Waals surface area contributed by atoms with Crippen LogP contribution in [-0.4, -0.2) is 46.9 Å². The first-order valence-electron chi connectivity index (χ1n) is 14.7. The first-order valence-corrected chi connectivity index (χ1v) is 14.7. The highest BCUT2D eigenvalue weighted by Crippen LogP contribution is 2.44. The van der Waals surface area contributed by atoms with Crippen LogP contribution in [0.15, 0.2) is 53.7 Å². The van der Waals surface area contributed by atoms with E-state index in [1.807, 2.05) is 19.1 Å². The predicted octanol–water partition coefficient (Wildman–Crippen LogP) is 7.19. The molecule has 3 aliphatic heterocycles. The van der Waals surface area contributed by atoms with Crippen LogP contribution in [0.4, 0.5) is 0 Å². The fourth-order valence-electron chi connectivity index (χ4n) is 6.23. The van der Waals surface area contributed by atoms with Gasteiger partial charge in [-0.3, -0.25) is 0 Å². The zero-order chi connectivity index (χ0) is 29.0. The number of hydrogen-bond acceptors (Lipinski definition) is 6. The minimum atomic E-state index is -0.817. The van der Waals surface area contributed by atoms with Crippen LogP contribution >= 0.6 is 0 Å². The van der Waals surface area contributed by atoms with E-state index >= 15 is 0 Å². The zero-order valence-electron chi connectivity index (χ0n) is 24.9. The molecule has 0 aliphatic carbocycles. The van der Waals surface area contributed by atoms with Gasteiger partial charge in [0.2, 0.25) is 0 Å². The molecule has 6 unspecified atom stereocenters. The Morgan fingerprint density at radius 2 is 1.93 bits per heavy atom. The molecule has 2 saturated heterocycles. The molecule has 2 fully saturated rings. The smallest absolute Gasteiger partial charge is 0.339 e. The summed E-state index contributed by atoms with van der Waals surface area (Å²) >= 11 is 0. The Kier molecular flexibility index (Phi) is 9.76. The zero-order valence-corrected chi connectivity index (χ0v) is 24.9. The molecule has 4 rings (SSSR count). The third-order valence-corrected chi connectivity index (χ3v) is 8.65. The summed E-state index contributed by atoms with van der Waals surface area (Å²) in [4.78, 5) is 13.7. The molecule has 1 spiro atoms. The fraction of sp³-hybridized carbons (Fsp3) is 0.559. The van der Waals surface area contributed by atoms with Crippen LogP contribution in [0.25, 0.3) is 5.57 Å². The van der Waals surface area contributed by atoms with Crippen molar-refractivity contribution < 1.29 is 29.2 Å². The van der Waals surface area contributed by atoms with Gasteiger partial charge in [-0.25, -0.2) is 4.79 Å². The van der Waals surface area contributed by atoms with E-state index in [9.17, 15) is 15.0 Å². The highest BCUT2D eigenvalue weighted by Gasteiger charge is 2.48. The maximum absolute atomic E-state index is 13.7. The van der Waals surface area contributed by atoms with Crippen LogP contribution in [0.1, 0.15) is 94.6 Å². The number of esters is 1. The predicted molar refractivity (Wildman–Crippen MR) is 158 cm³/mol. The number of aromatic hydroxyl groups is 1. The summed E-state index contributed by atoms with van der Waals surface area (Å²) in [6.45, 7) is 12.1. The molecule has 218 valence electrons. The molecule has 6 atom stereocenters. The van der Waals surface area contributed by atoms with Crippen molar-refractivity contribution in [3.8, 4) is 5.75 Å². The van der Waals surface area contributed by atoms with Crippen LogP contribution < -0.4 is 0 Å². The normalized spacial score (nSPS) is 35.6. The van der Waals surface area contributed by atoms with Crippen molar-refractivity contribution >= 4 is 11.5 Å². The Balaban J connectivity index is 1.75. The third-order valence-electron chi connectivity index (χ3n) is 8.65. The lowest BCUT2D eigenvalue weighted by atomic mass is 9.84. The number of benzene rings is 1. The van der Waals surface area contributed by atoms with Gasteiger partial charge in [0.15, 0.2) is 5.79 Å². The van der Waals surface area contributed by atoms with E-state index in [-0.39, 0.29) is 30.5 Å². The van der Waals surface area contributed by atoms with Crippen LogP contribution in [0.3, 0.4) is 0 Å². The number of carbonyl (C=O) groups excluding carboxylic acids is 1. The van der Waals surface area contributed by atoms with Gasteiger partial charge in [0.25, 0.3) is 0 Å². The molecule has 6 heteroatoms. The number of allylic oxidation sites excluding steroid dienone is 5. The number of aryl methyl sites for hydroxylation is 1. The molecule has 1 aromatic rings. The van der Waals surface area contributed by atoms with Crippen LogP contribution in [0.2, 0.25) is 0 Å². The second kappa shape index (κ2) is 12.9. The number of fused-ring (bicyclic) bond motifs is 3. The highest BCUT2D eigenvalue weighted by atomic mass is 16.7. The van der Waals surface area contributed by atoms with E-state index in [0.29, 0.717) is 41.0 Å². The van der Waals surface area contributed by atoms with E-state index in [4.69, 9.17) is 14.2 Å². The van der Waals surface area contributed by atoms with Crippen molar-refractivity contribution in [3.63, 3.8) is 0 Å². The summed E-state index contributed by atoms with van der Waals surface area (Å²) in [6.07, 6.45) is 14.0. The molecule has 2 N–H and O–H groups in total. The third kappa shape index (κ3) is 6.96. The number of aliphatic hydroxyl groups is 1. The summed E-state index contributed by atoms with van der Waals surface area (Å²) in [5.41, 5.74) is 4.38. The molecular formula is C34H46O6. The van der Waals surface area contributed by atoms with Crippen molar-refractivity contribution in [2.45, 2.75) is 104 Å². The van der Waals surface area contributed by atoms with Gasteiger partial charge in [0, 0.05) is 19.3 Å². The van der Waals surface area contributed by atoms with E-state index < -0.39 is 17.9 Å². The molecule has 3 heterocycles. The van der Waals surface area contributed by atoms with Gasteiger partial charge in [-0.05, 0) is 93.2 Å². The molecular weight excluding hydrogens is 504 g/mol. The van der Waals surface area contributed by atoms with E-state index in [0.717, 1.165) is 25.7 Å². The molecule has 1 aromatic carbocycles. The largest absolute Gasteiger partial charge is 0.508 e. The van der Waals surface area contributed by atoms with Gasteiger partial charge in [0.1, 0.15) is 11.9 Å². The molecule has 3 aliphatic rings. The maximum atomic E-state index is 13.7. The number of phenolic OH excluding ortho intramolecular Hbond substituents is 1. The van der Waals surface area contributed by atoms with Gasteiger partial charge >= 0.3 is 5.97 Å². The fourth-order valence-corrected chi connectivity index (χ4v) is 6.23.